The third-order valence-electron chi connectivity index (χ3n) is 5.27. The van der Waals surface area contributed by atoms with E-state index in [4.69, 9.17) is 9.97 Å². The molecule has 5 aromatic rings. The molecule has 2 aromatic carbocycles. The number of unbranched alkanes of at least 4 members (excludes halogenated alkanes) is 1. The number of hydrogen-bond donors (Lipinski definition) is 0. The number of benzene rings is 2. The number of hydrogen-bond acceptors (Lipinski definition) is 4. The van der Waals surface area contributed by atoms with Gasteiger partial charge in [0.15, 0.2) is 11.3 Å². The molecule has 0 fully saturated rings. The summed E-state index contributed by atoms with van der Waals surface area (Å²) in [6, 6.07) is 15.6. The summed E-state index contributed by atoms with van der Waals surface area (Å²) in [6.07, 6.45) is 3.64. The van der Waals surface area contributed by atoms with E-state index in [1.807, 2.05) is 60.0 Å². The molecule has 0 saturated heterocycles. The fourth-order valence-corrected chi connectivity index (χ4v) is 3.79. The van der Waals surface area contributed by atoms with Crippen molar-refractivity contribution >= 4 is 33.2 Å². The monoisotopic (exact) mass is 383 g/mol. The van der Waals surface area contributed by atoms with Crippen LogP contribution in [0.2, 0.25) is 0 Å². The lowest BCUT2D eigenvalue weighted by Crippen LogP contribution is -2.19. The molecule has 6 nitrogen and oxygen atoms in total. The minimum absolute atomic E-state index is 0.120. The Hall–Kier alpha value is -3.54. The predicted octanol–water partition coefficient (Wildman–Crippen LogP) is 4.39. The summed E-state index contributed by atoms with van der Waals surface area (Å²) in [5.74, 6) is 0. The summed E-state index contributed by atoms with van der Waals surface area (Å²) in [4.78, 5) is 27.8. The maximum absolute atomic E-state index is 13.5. The van der Waals surface area contributed by atoms with E-state index in [0.717, 1.165) is 47.3 Å². The zero-order chi connectivity index (χ0) is 20.0. The summed E-state index contributed by atoms with van der Waals surface area (Å²) in [7, 11) is 0. The van der Waals surface area contributed by atoms with Crippen LogP contribution in [0.25, 0.3) is 38.9 Å². The standard InChI is InChI=1S/C23H21N5O/c1-3-4-12-27-21-19(20-22(27)26-18-11-6-5-10-17(18)25-20)23(29)28(14-24-21)16-9-7-8-15(2)13-16/h5-11,13-14H,3-4,12H2,1-2H3. The molecule has 0 aliphatic rings. The van der Waals surface area contributed by atoms with E-state index in [0.29, 0.717) is 16.6 Å². The molecule has 0 saturated carbocycles. The summed E-state index contributed by atoms with van der Waals surface area (Å²) >= 11 is 0. The van der Waals surface area contributed by atoms with Gasteiger partial charge in [0.1, 0.15) is 17.2 Å². The van der Waals surface area contributed by atoms with Crippen LogP contribution < -0.4 is 5.56 Å². The third-order valence-corrected chi connectivity index (χ3v) is 5.27. The van der Waals surface area contributed by atoms with Gasteiger partial charge < -0.3 is 4.57 Å². The number of nitrogens with zero attached hydrogens (tertiary/aromatic N) is 5. The molecule has 0 unspecified atom stereocenters. The van der Waals surface area contributed by atoms with Crippen LogP contribution in [0, 0.1) is 6.92 Å². The van der Waals surface area contributed by atoms with E-state index < -0.39 is 0 Å². The lowest BCUT2D eigenvalue weighted by molar-refractivity contribution is 0.656. The average molecular weight is 383 g/mol. The Morgan fingerprint density at radius 1 is 0.966 bits per heavy atom. The van der Waals surface area contributed by atoms with Crippen molar-refractivity contribution in [1.29, 1.82) is 0 Å². The highest BCUT2D eigenvalue weighted by Gasteiger charge is 2.19. The lowest BCUT2D eigenvalue weighted by Gasteiger charge is -2.07. The number of fused-ring (bicyclic) bond motifs is 4. The molecule has 0 radical (unpaired) electrons. The Morgan fingerprint density at radius 2 is 1.76 bits per heavy atom. The van der Waals surface area contributed by atoms with Crippen LogP contribution in [0.4, 0.5) is 0 Å². The van der Waals surface area contributed by atoms with E-state index in [2.05, 4.69) is 11.9 Å². The van der Waals surface area contributed by atoms with Gasteiger partial charge in [0.25, 0.3) is 5.56 Å². The highest BCUT2D eigenvalue weighted by Crippen LogP contribution is 2.25. The lowest BCUT2D eigenvalue weighted by atomic mass is 10.2. The molecule has 5 rings (SSSR count). The zero-order valence-corrected chi connectivity index (χ0v) is 16.5. The van der Waals surface area contributed by atoms with Gasteiger partial charge in [-0.2, -0.15) is 0 Å². The normalized spacial score (nSPS) is 11.7. The molecule has 3 heterocycles. The largest absolute Gasteiger partial charge is 0.308 e. The Kier molecular flexibility index (Phi) is 4.12. The van der Waals surface area contributed by atoms with Crippen LogP contribution in [0.5, 0.6) is 0 Å². The molecule has 3 aromatic heterocycles. The van der Waals surface area contributed by atoms with Gasteiger partial charge in [0, 0.05) is 6.54 Å². The Morgan fingerprint density at radius 3 is 2.52 bits per heavy atom. The zero-order valence-electron chi connectivity index (χ0n) is 16.5. The maximum atomic E-state index is 13.5. The van der Waals surface area contributed by atoms with Gasteiger partial charge >= 0.3 is 0 Å². The highest BCUT2D eigenvalue weighted by molar-refractivity contribution is 6.04. The summed E-state index contributed by atoms with van der Waals surface area (Å²) in [6.45, 7) is 4.91. The number of aryl methyl sites for hydroxylation is 2. The molecule has 0 amide bonds. The van der Waals surface area contributed by atoms with Crippen molar-refractivity contribution in [3.63, 3.8) is 0 Å². The second kappa shape index (κ2) is 6.81. The Labute approximate surface area is 167 Å². The van der Waals surface area contributed by atoms with Crippen LogP contribution >= 0.6 is 0 Å². The topological polar surface area (TPSA) is 65.6 Å². The maximum Gasteiger partial charge on any atom is 0.269 e. The van der Waals surface area contributed by atoms with Crippen LogP contribution in [0.3, 0.4) is 0 Å². The highest BCUT2D eigenvalue weighted by atomic mass is 16.1. The van der Waals surface area contributed by atoms with Crippen molar-refractivity contribution in [2.45, 2.75) is 33.2 Å². The van der Waals surface area contributed by atoms with Crippen LogP contribution in [0.15, 0.2) is 59.7 Å². The first kappa shape index (κ1) is 17.6. The molecule has 0 atom stereocenters. The van der Waals surface area contributed by atoms with Crippen molar-refractivity contribution in [3.05, 3.63) is 70.8 Å². The molecule has 0 spiro atoms. The second-order valence-corrected chi connectivity index (χ2v) is 7.35. The van der Waals surface area contributed by atoms with Gasteiger partial charge in [0.05, 0.1) is 16.7 Å². The molecular formula is C23H21N5O. The molecule has 144 valence electrons. The van der Waals surface area contributed by atoms with E-state index >= 15 is 0 Å². The number of para-hydroxylation sites is 2. The van der Waals surface area contributed by atoms with Gasteiger partial charge in [-0.05, 0) is 43.2 Å². The van der Waals surface area contributed by atoms with Crippen molar-refractivity contribution < 1.29 is 0 Å². The third kappa shape index (κ3) is 2.79. The number of rotatable bonds is 4. The number of aromatic nitrogens is 5. The van der Waals surface area contributed by atoms with Gasteiger partial charge in [0.2, 0.25) is 0 Å². The van der Waals surface area contributed by atoms with E-state index in [1.165, 1.54) is 0 Å². The second-order valence-electron chi connectivity index (χ2n) is 7.35. The summed E-state index contributed by atoms with van der Waals surface area (Å²) in [5.41, 5.74) is 5.36. The molecule has 6 heteroatoms. The molecule has 0 aliphatic heterocycles. The van der Waals surface area contributed by atoms with Gasteiger partial charge in [-0.1, -0.05) is 37.6 Å². The predicted molar refractivity (Wildman–Crippen MR) is 116 cm³/mol. The first-order valence-corrected chi connectivity index (χ1v) is 9.91. The van der Waals surface area contributed by atoms with Gasteiger partial charge in [-0.25, -0.2) is 15.0 Å². The molecule has 29 heavy (non-hydrogen) atoms. The average Bonchev–Trinajstić information content (AvgIpc) is 3.04. The van der Waals surface area contributed by atoms with Crippen molar-refractivity contribution in [1.82, 2.24) is 24.1 Å². The molecular weight excluding hydrogens is 362 g/mol. The minimum Gasteiger partial charge on any atom is -0.308 e. The molecule has 0 aliphatic carbocycles. The quantitative estimate of drug-likeness (QED) is 0.462. The molecule has 0 bridgehead atoms. The van der Waals surface area contributed by atoms with Crippen molar-refractivity contribution in [2.75, 3.05) is 0 Å². The van der Waals surface area contributed by atoms with E-state index in [-0.39, 0.29) is 5.56 Å². The van der Waals surface area contributed by atoms with Crippen molar-refractivity contribution in [3.8, 4) is 5.69 Å². The van der Waals surface area contributed by atoms with E-state index in [9.17, 15) is 4.79 Å². The SMILES string of the molecule is CCCCn1c2nc3ccccc3nc2c2c(=O)n(-c3cccc(C)c3)cnc21. The molecule has 0 N–H and O–H groups in total. The van der Waals surface area contributed by atoms with Crippen molar-refractivity contribution in [2.24, 2.45) is 0 Å². The first-order chi connectivity index (χ1) is 14.2. The van der Waals surface area contributed by atoms with Crippen LogP contribution in [-0.4, -0.2) is 24.1 Å². The minimum atomic E-state index is -0.120. The van der Waals surface area contributed by atoms with E-state index in [1.54, 1.807) is 10.9 Å². The fraction of sp³-hybridized carbons (Fsp3) is 0.217. The van der Waals surface area contributed by atoms with Crippen LogP contribution in [0.1, 0.15) is 25.3 Å². The Balaban J connectivity index is 1.89. The first-order valence-electron chi connectivity index (χ1n) is 9.91. The van der Waals surface area contributed by atoms with Gasteiger partial charge in [-0.3, -0.25) is 9.36 Å². The smallest absolute Gasteiger partial charge is 0.269 e. The van der Waals surface area contributed by atoms with Crippen LogP contribution in [-0.2, 0) is 6.54 Å². The fourth-order valence-electron chi connectivity index (χ4n) is 3.79. The Bertz CT molecular complexity index is 1430. The summed E-state index contributed by atoms with van der Waals surface area (Å²) < 4.78 is 3.63. The summed E-state index contributed by atoms with van der Waals surface area (Å²) in [5, 5.41) is 0.526. The van der Waals surface area contributed by atoms with Gasteiger partial charge in [-0.15, -0.1) is 0 Å².